The number of carbonyl (C=O) groups excluding carboxylic acids is 1. The van der Waals surface area contributed by atoms with Crippen LogP contribution in [0.15, 0.2) is 60.8 Å². The third kappa shape index (κ3) is 4.40. The summed E-state index contributed by atoms with van der Waals surface area (Å²) < 4.78 is 7.56. The van der Waals surface area contributed by atoms with Crippen molar-refractivity contribution in [3.05, 3.63) is 81.8 Å². The second-order valence-corrected chi connectivity index (χ2v) is 10.2. The lowest BCUT2D eigenvalue weighted by Gasteiger charge is -2.14. The Hall–Kier alpha value is -3.67. The van der Waals surface area contributed by atoms with E-state index >= 15 is 0 Å². The van der Waals surface area contributed by atoms with Gasteiger partial charge in [0.1, 0.15) is 17.2 Å². The van der Waals surface area contributed by atoms with Crippen LogP contribution in [0, 0.1) is 11.8 Å². The number of pyridine rings is 1. The van der Waals surface area contributed by atoms with Crippen molar-refractivity contribution in [1.82, 2.24) is 4.98 Å². The van der Waals surface area contributed by atoms with Gasteiger partial charge in [-0.25, -0.2) is 9.78 Å². The van der Waals surface area contributed by atoms with Crippen LogP contribution in [0.5, 0.6) is 0 Å². The average Bonchev–Trinajstić information content (AvgIpc) is 3.42. The fourth-order valence-electron chi connectivity index (χ4n) is 3.64. The molecule has 1 atom stereocenters. The van der Waals surface area contributed by atoms with Crippen LogP contribution < -0.4 is 5.32 Å². The third-order valence-corrected chi connectivity index (χ3v) is 8.15. The quantitative estimate of drug-likeness (QED) is 0.327. The Bertz CT molecular complexity index is 1410. The Balaban J connectivity index is 1.30. The number of anilines is 1. The van der Waals surface area contributed by atoms with Crippen LogP contribution in [0.1, 0.15) is 46.9 Å². The Morgan fingerprint density at radius 1 is 1.09 bits per heavy atom. The highest BCUT2D eigenvalue weighted by atomic mass is 32.1. The van der Waals surface area contributed by atoms with E-state index in [1.54, 1.807) is 18.3 Å². The number of aliphatic carboxylic acids is 1. The predicted molar refractivity (Wildman–Crippen MR) is 133 cm³/mol. The minimum Gasteiger partial charge on any atom is -0.481 e. The molecule has 1 saturated carbocycles. The van der Waals surface area contributed by atoms with Crippen molar-refractivity contribution in [2.75, 3.05) is 5.32 Å². The van der Waals surface area contributed by atoms with Gasteiger partial charge in [-0.3, -0.25) is 10.1 Å². The number of carbonyl (C=O) groups is 2. The van der Waals surface area contributed by atoms with E-state index in [4.69, 9.17) is 4.74 Å². The first-order valence-electron chi connectivity index (χ1n) is 10.7. The summed E-state index contributed by atoms with van der Waals surface area (Å²) in [6.45, 7) is 1.81. The van der Waals surface area contributed by atoms with E-state index in [1.807, 2.05) is 49.4 Å². The molecule has 5 rings (SSSR count). The van der Waals surface area contributed by atoms with Crippen molar-refractivity contribution in [1.29, 1.82) is 0 Å². The van der Waals surface area contributed by atoms with Gasteiger partial charge in [0.25, 0.3) is 0 Å². The Morgan fingerprint density at radius 3 is 2.56 bits per heavy atom. The van der Waals surface area contributed by atoms with Crippen LogP contribution in [-0.4, -0.2) is 22.2 Å². The second-order valence-electron chi connectivity index (χ2n) is 8.07. The Kier molecular flexibility index (Phi) is 5.82. The van der Waals surface area contributed by atoms with Crippen LogP contribution in [0.3, 0.4) is 0 Å². The van der Waals surface area contributed by atoms with Crippen molar-refractivity contribution in [3.63, 3.8) is 0 Å². The lowest BCUT2D eigenvalue weighted by atomic mass is 10.1. The largest absolute Gasteiger partial charge is 0.481 e. The van der Waals surface area contributed by atoms with E-state index in [0.29, 0.717) is 24.2 Å². The number of nitrogens with one attached hydrogen (secondary N) is 1. The van der Waals surface area contributed by atoms with Crippen LogP contribution in [0.4, 0.5) is 10.5 Å². The number of carboxylic acid groups (broad SMARTS) is 1. The van der Waals surface area contributed by atoms with Crippen molar-refractivity contribution in [2.45, 2.75) is 31.3 Å². The van der Waals surface area contributed by atoms with Gasteiger partial charge in [-0.1, -0.05) is 30.3 Å². The molecule has 3 aromatic heterocycles. The number of amides is 1. The lowest BCUT2D eigenvalue weighted by Crippen LogP contribution is -2.17. The number of aromatic nitrogens is 1. The molecule has 34 heavy (non-hydrogen) atoms. The van der Waals surface area contributed by atoms with Gasteiger partial charge in [-0.05, 0) is 61.4 Å². The third-order valence-electron chi connectivity index (χ3n) is 5.74. The van der Waals surface area contributed by atoms with Gasteiger partial charge in [0.05, 0.1) is 10.6 Å². The van der Waals surface area contributed by atoms with Gasteiger partial charge in [0, 0.05) is 20.5 Å². The summed E-state index contributed by atoms with van der Waals surface area (Å²) in [4.78, 5) is 30.1. The number of thiophene rings is 2. The minimum absolute atomic E-state index is 0.396. The summed E-state index contributed by atoms with van der Waals surface area (Å²) in [6.07, 6.45) is 2.04. The summed E-state index contributed by atoms with van der Waals surface area (Å²) in [6, 6.07) is 16.9. The molecule has 1 fully saturated rings. The summed E-state index contributed by atoms with van der Waals surface area (Å²) in [7, 11) is 0. The van der Waals surface area contributed by atoms with Gasteiger partial charge >= 0.3 is 12.1 Å². The Morgan fingerprint density at radius 2 is 1.85 bits per heavy atom. The molecule has 0 spiro atoms. The first kappa shape index (κ1) is 22.1. The molecular weight excluding hydrogens is 468 g/mol. The SMILES string of the molecule is C[C@@H](OC(=O)Nc1cccnc1C#Cc1cc2sc(C3(C(=O)O)CC3)cc2s1)c1ccccc1. The van der Waals surface area contributed by atoms with E-state index in [0.717, 1.165) is 24.7 Å². The zero-order valence-electron chi connectivity index (χ0n) is 18.2. The molecule has 0 radical (unpaired) electrons. The number of benzene rings is 1. The standard InChI is InChI=1S/C26H20N2O4S2/c1-16(17-6-3-2-4-7-17)32-25(31)28-20-8-5-13-27-19(20)10-9-18-14-21-22(33-18)15-23(34-21)26(11-12-26)24(29)30/h2-8,13-16H,11-12H2,1H3,(H,28,31)(H,29,30)/t16-/m1/s1. The molecule has 0 aliphatic heterocycles. The van der Waals surface area contributed by atoms with E-state index in [1.165, 1.54) is 22.7 Å². The van der Waals surface area contributed by atoms with Crippen LogP contribution >= 0.6 is 22.7 Å². The fourth-order valence-corrected chi connectivity index (χ4v) is 6.13. The molecule has 8 heteroatoms. The zero-order valence-corrected chi connectivity index (χ0v) is 19.8. The van der Waals surface area contributed by atoms with E-state index in [-0.39, 0.29) is 0 Å². The van der Waals surface area contributed by atoms with Crippen LogP contribution in [-0.2, 0) is 14.9 Å². The Labute approximate surface area is 204 Å². The molecule has 170 valence electrons. The number of hydrogen-bond donors (Lipinski definition) is 2. The molecule has 1 amide bonds. The van der Waals surface area contributed by atoms with E-state index in [2.05, 4.69) is 22.1 Å². The van der Waals surface area contributed by atoms with Crippen molar-refractivity contribution in [3.8, 4) is 11.8 Å². The number of nitrogens with zero attached hydrogens (tertiary/aromatic N) is 1. The fraction of sp³-hybridized carbons (Fsp3) is 0.192. The number of ether oxygens (including phenoxy) is 1. The number of carboxylic acids is 1. The molecule has 2 N–H and O–H groups in total. The molecule has 6 nitrogen and oxygen atoms in total. The smallest absolute Gasteiger partial charge is 0.412 e. The molecule has 0 unspecified atom stereocenters. The highest BCUT2D eigenvalue weighted by Gasteiger charge is 2.53. The topological polar surface area (TPSA) is 88.5 Å². The molecule has 4 aromatic rings. The highest BCUT2D eigenvalue weighted by molar-refractivity contribution is 7.28. The first-order chi connectivity index (χ1) is 16.4. The van der Waals surface area contributed by atoms with Crippen LogP contribution in [0.2, 0.25) is 0 Å². The maximum atomic E-state index is 12.4. The first-order valence-corrected chi connectivity index (χ1v) is 12.3. The second kappa shape index (κ2) is 8.93. The van der Waals surface area contributed by atoms with Gasteiger partial charge in [-0.2, -0.15) is 0 Å². The van der Waals surface area contributed by atoms with Crippen LogP contribution in [0.25, 0.3) is 9.40 Å². The average molecular weight is 489 g/mol. The maximum absolute atomic E-state index is 12.4. The number of rotatable bonds is 5. The summed E-state index contributed by atoms with van der Waals surface area (Å²) in [5.74, 6) is 5.41. The number of hydrogen-bond acceptors (Lipinski definition) is 6. The monoisotopic (exact) mass is 488 g/mol. The molecular formula is C26H20N2O4S2. The van der Waals surface area contributed by atoms with Gasteiger partial charge < -0.3 is 9.84 Å². The van der Waals surface area contributed by atoms with Crippen molar-refractivity contribution < 1.29 is 19.4 Å². The van der Waals surface area contributed by atoms with Gasteiger partial charge in [-0.15, -0.1) is 22.7 Å². The predicted octanol–water partition coefficient (Wildman–Crippen LogP) is 6.18. The van der Waals surface area contributed by atoms with Gasteiger partial charge in [0.2, 0.25) is 0 Å². The number of fused-ring (bicyclic) bond motifs is 1. The molecule has 1 aliphatic rings. The summed E-state index contributed by atoms with van der Waals surface area (Å²) in [5.41, 5.74) is 1.13. The van der Waals surface area contributed by atoms with E-state index in [9.17, 15) is 14.7 Å². The minimum atomic E-state index is -0.742. The summed E-state index contributed by atoms with van der Waals surface area (Å²) >= 11 is 3.05. The normalized spacial score (nSPS) is 14.6. The maximum Gasteiger partial charge on any atom is 0.412 e. The molecule has 3 heterocycles. The molecule has 0 bridgehead atoms. The van der Waals surface area contributed by atoms with Crippen molar-refractivity contribution >= 4 is 49.8 Å². The zero-order chi connectivity index (χ0) is 23.7. The molecule has 0 saturated heterocycles. The summed E-state index contributed by atoms with van der Waals surface area (Å²) in [5, 5.41) is 12.3. The van der Waals surface area contributed by atoms with Gasteiger partial charge in [0.15, 0.2) is 0 Å². The molecule has 1 aliphatic carbocycles. The lowest BCUT2D eigenvalue weighted by molar-refractivity contribution is -0.139. The highest BCUT2D eigenvalue weighted by Crippen LogP contribution is 2.52. The van der Waals surface area contributed by atoms with Crippen molar-refractivity contribution in [2.24, 2.45) is 0 Å². The molecule has 1 aromatic carbocycles. The van der Waals surface area contributed by atoms with E-state index < -0.39 is 23.6 Å².